The first kappa shape index (κ1) is 19.4. The average molecular weight is 379 g/mol. The normalized spacial score (nSPS) is 12.5. The van der Waals surface area contributed by atoms with Gasteiger partial charge in [0, 0.05) is 22.2 Å². The van der Waals surface area contributed by atoms with Crippen molar-refractivity contribution >= 4 is 39.0 Å². The molecule has 2 rings (SSSR count). The highest BCUT2D eigenvalue weighted by atomic mass is 32.2. The van der Waals surface area contributed by atoms with Crippen LogP contribution in [0.2, 0.25) is 0 Å². The van der Waals surface area contributed by atoms with Crippen molar-refractivity contribution in [2.75, 3.05) is 5.32 Å². The Morgan fingerprint density at radius 2 is 1.92 bits per heavy atom. The molecule has 0 bridgehead atoms. The summed E-state index contributed by atoms with van der Waals surface area (Å²) in [4.78, 5) is 13.2. The quantitative estimate of drug-likeness (QED) is 0.778. The van der Waals surface area contributed by atoms with Crippen LogP contribution in [0, 0.1) is 6.92 Å². The van der Waals surface area contributed by atoms with E-state index >= 15 is 0 Å². The molecule has 0 unspecified atom stereocenters. The summed E-state index contributed by atoms with van der Waals surface area (Å²) in [6.45, 7) is 7.29. The number of thiophene rings is 1. The summed E-state index contributed by atoms with van der Waals surface area (Å²) in [7, 11) is -3.65. The van der Waals surface area contributed by atoms with Crippen LogP contribution in [0.15, 0.2) is 46.7 Å². The van der Waals surface area contributed by atoms with Gasteiger partial charge in [0.25, 0.3) is 0 Å². The van der Waals surface area contributed by atoms with Gasteiger partial charge in [0.1, 0.15) is 0 Å². The second kappa shape index (κ2) is 7.51. The molecular formula is C18H22N2O3S2. The van der Waals surface area contributed by atoms with Gasteiger partial charge in [-0.1, -0.05) is 6.07 Å². The van der Waals surface area contributed by atoms with Crippen LogP contribution in [0.1, 0.15) is 31.2 Å². The maximum absolute atomic E-state index is 12.4. The molecule has 134 valence electrons. The predicted octanol–water partition coefficient (Wildman–Crippen LogP) is 3.79. The van der Waals surface area contributed by atoms with Gasteiger partial charge in [-0.3, -0.25) is 4.79 Å². The number of aryl methyl sites for hydroxylation is 1. The molecule has 0 aliphatic heterocycles. The van der Waals surface area contributed by atoms with Gasteiger partial charge in [-0.2, -0.15) is 0 Å². The SMILES string of the molecule is Cc1ccsc1/C=C/C(=O)Nc1cccc(S(=O)(=O)NC(C)(C)C)c1. The Kier molecular flexibility index (Phi) is 5.82. The van der Waals surface area contributed by atoms with Crippen molar-refractivity contribution < 1.29 is 13.2 Å². The standard InChI is InChI=1S/C18H22N2O3S2/c1-13-10-11-24-16(13)8-9-17(21)19-14-6-5-7-15(12-14)25(22,23)20-18(2,3)4/h5-12,20H,1-4H3,(H,19,21)/b9-8+. The number of benzene rings is 1. The second-order valence-corrected chi connectivity index (χ2v) is 9.30. The molecule has 0 atom stereocenters. The summed E-state index contributed by atoms with van der Waals surface area (Å²) in [5, 5.41) is 4.65. The van der Waals surface area contributed by atoms with Gasteiger partial charge in [0.2, 0.25) is 15.9 Å². The summed E-state index contributed by atoms with van der Waals surface area (Å²) >= 11 is 1.55. The molecule has 0 saturated heterocycles. The lowest BCUT2D eigenvalue weighted by molar-refractivity contribution is -0.111. The van der Waals surface area contributed by atoms with E-state index in [4.69, 9.17) is 0 Å². The van der Waals surface area contributed by atoms with Crippen LogP contribution in [-0.2, 0) is 14.8 Å². The fourth-order valence-electron chi connectivity index (χ4n) is 2.09. The van der Waals surface area contributed by atoms with E-state index in [1.165, 1.54) is 18.2 Å². The van der Waals surface area contributed by atoms with Gasteiger partial charge in [0.05, 0.1) is 4.90 Å². The topological polar surface area (TPSA) is 75.3 Å². The molecule has 2 aromatic rings. The Bertz CT molecular complexity index is 891. The summed E-state index contributed by atoms with van der Waals surface area (Å²) in [6.07, 6.45) is 3.19. The van der Waals surface area contributed by atoms with Crippen LogP contribution in [-0.4, -0.2) is 19.9 Å². The van der Waals surface area contributed by atoms with Crippen LogP contribution < -0.4 is 10.0 Å². The third kappa shape index (κ3) is 5.81. The molecule has 0 saturated carbocycles. The smallest absolute Gasteiger partial charge is 0.248 e. The minimum atomic E-state index is -3.65. The van der Waals surface area contributed by atoms with Crippen molar-refractivity contribution in [3.8, 4) is 0 Å². The predicted molar refractivity (Wildman–Crippen MR) is 103 cm³/mol. The van der Waals surface area contributed by atoms with E-state index in [0.717, 1.165) is 10.4 Å². The van der Waals surface area contributed by atoms with Gasteiger partial charge < -0.3 is 5.32 Å². The fourth-order valence-corrected chi connectivity index (χ4v) is 4.38. The van der Waals surface area contributed by atoms with Crippen molar-refractivity contribution in [1.82, 2.24) is 4.72 Å². The number of sulfonamides is 1. The van der Waals surface area contributed by atoms with Crippen molar-refractivity contribution in [3.63, 3.8) is 0 Å². The third-order valence-electron chi connectivity index (χ3n) is 3.14. The molecule has 1 amide bonds. The molecule has 0 radical (unpaired) electrons. The molecule has 0 spiro atoms. The lowest BCUT2D eigenvalue weighted by atomic mass is 10.1. The number of amides is 1. The summed E-state index contributed by atoms with van der Waals surface area (Å²) in [5.74, 6) is -0.314. The Balaban J connectivity index is 2.12. The molecular weight excluding hydrogens is 356 g/mol. The number of hydrogen-bond acceptors (Lipinski definition) is 4. The first-order chi connectivity index (χ1) is 11.6. The van der Waals surface area contributed by atoms with Crippen LogP contribution in [0.3, 0.4) is 0 Å². The average Bonchev–Trinajstić information content (AvgIpc) is 2.88. The number of nitrogens with one attached hydrogen (secondary N) is 2. The maximum atomic E-state index is 12.4. The monoisotopic (exact) mass is 378 g/mol. The first-order valence-electron chi connectivity index (χ1n) is 7.74. The molecule has 1 aromatic carbocycles. The number of carbonyl (C=O) groups is 1. The zero-order chi connectivity index (χ0) is 18.7. The third-order valence-corrected chi connectivity index (χ3v) is 5.88. The number of rotatable bonds is 5. The van der Waals surface area contributed by atoms with E-state index in [1.807, 2.05) is 18.4 Å². The molecule has 0 aliphatic carbocycles. The molecule has 1 heterocycles. The highest BCUT2D eigenvalue weighted by Gasteiger charge is 2.22. The Labute approximate surface area is 152 Å². The van der Waals surface area contributed by atoms with Gasteiger partial charge in [-0.15, -0.1) is 11.3 Å². The van der Waals surface area contributed by atoms with E-state index in [-0.39, 0.29) is 10.8 Å². The first-order valence-corrected chi connectivity index (χ1v) is 10.1. The number of hydrogen-bond donors (Lipinski definition) is 2. The van der Waals surface area contributed by atoms with Gasteiger partial charge in [-0.25, -0.2) is 13.1 Å². The minimum Gasteiger partial charge on any atom is -0.322 e. The Morgan fingerprint density at radius 1 is 1.20 bits per heavy atom. The molecule has 5 nitrogen and oxygen atoms in total. The van der Waals surface area contributed by atoms with E-state index < -0.39 is 15.6 Å². The molecule has 0 aliphatic rings. The van der Waals surface area contributed by atoms with Crippen molar-refractivity contribution in [3.05, 3.63) is 52.2 Å². The van der Waals surface area contributed by atoms with E-state index in [2.05, 4.69) is 10.0 Å². The van der Waals surface area contributed by atoms with Crippen molar-refractivity contribution in [1.29, 1.82) is 0 Å². The molecule has 1 aromatic heterocycles. The lowest BCUT2D eigenvalue weighted by Crippen LogP contribution is -2.40. The van der Waals surface area contributed by atoms with Crippen LogP contribution in [0.4, 0.5) is 5.69 Å². The van der Waals surface area contributed by atoms with Gasteiger partial charge >= 0.3 is 0 Å². The molecule has 0 fully saturated rings. The van der Waals surface area contributed by atoms with Crippen molar-refractivity contribution in [2.24, 2.45) is 0 Å². The minimum absolute atomic E-state index is 0.110. The number of anilines is 1. The molecule has 7 heteroatoms. The van der Waals surface area contributed by atoms with Crippen LogP contribution in [0.25, 0.3) is 6.08 Å². The molecule has 2 N–H and O–H groups in total. The van der Waals surface area contributed by atoms with Gasteiger partial charge in [0.15, 0.2) is 0 Å². The van der Waals surface area contributed by atoms with Crippen LogP contribution in [0.5, 0.6) is 0 Å². The maximum Gasteiger partial charge on any atom is 0.248 e. The Hall–Kier alpha value is -1.96. The van der Waals surface area contributed by atoms with Crippen molar-refractivity contribution in [2.45, 2.75) is 38.1 Å². The Morgan fingerprint density at radius 3 is 2.52 bits per heavy atom. The second-order valence-electron chi connectivity index (χ2n) is 6.67. The molecule has 25 heavy (non-hydrogen) atoms. The van der Waals surface area contributed by atoms with Crippen LogP contribution >= 0.6 is 11.3 Å². The lowest BCUT2D eigenvalue weighted by Gasteiger charge is -2.20. The largest absolute Gasteiger partial charge is 0.322 e. The van der Waals surface area contributed by atoms with E-state index in [0.29, 0.717) is 5.69 Å². The highest BCUT2D eigenvalue weighted by Crippen LogP contribution is 2.19. The number of carbonyl (C=O) groups excluding carboxylic acids is 1. The zero-order valence-electron chi connectivity index (χ0n) is 14.7. The summed E-state index contributed by atoms with van der Waals surface area (Å²) in [5.41, 5.74) is 0.948. The fraction of sp³-hybridized carbons (Fsp3) is 0.278. The highest BCUT2D eigenvalue weighted by molar-refractivity contribution is 7.89. The zero-order valence-corrected chi connectivity index (χ0v) is 16.3. The summed E-state index contributed by atoms with van der Waals surface area (Å²) in [6, 6.07) is 8.17. The summed E-state index contributed by atoms with van der Waals surface area (Å²) < 4.78 is 27.3. The van der Waals surface area contributed by atoms with E-state index in [9.17, 15) is 13.2 Å². The van der Waals surface area contributed by atoms with Gasteiger partial charge in [-0.05, 0) is 69.0 Å². The van der Waals surface area contributed by atoms with E-state index in [1.54, 1.807) is 50.3 Å².